The number of ether oxygens (including phenoxy) is 4. The molecular formula is C25H32O5. The number of benzene rings is 1. The molecule has 0 N–H and O–H groups in total. The number of hydrogen-bond donors (Lipinski definition) is 0. The average molecular weight is 413 g/mol. The van der Waals surface area contributed by atoms with E-state index in [1.165, 1.54) is 19.3 Å². The molecule has 1 fully saturated rings. The van der Waals surface area contributed by atoms with E-state index in [2.05, 4.69) is 5.92 Å². The number of hydrogen-bond acceptors (Lipinski definition) is 5. The summed E-state index contributed by atoms with van der Waals surface area (Å²) in [4.78, 5) is 13.1. The number of carbonyl (C=O) groups is 1. The molecule has 1 aliphatic rings. The third-order valence-corrected chi connectivity index (χ3v) is 5.32. The van der Waals surface area contributed by atoms with Crippen LogP contribution < -0.4 is 9.47 Å². The van der Waals surface area contributed by atoms with Gasteiger partial charge in [0.05, 0.1) is 31.8 Å². The van der Waals surface area contributed by atoms with Crippen molar-refractivity contribution in [3.8, 4) is 23.8 Å². The summed E-state index contributed by atoms with van der Waals surface area (Å²) >= 11 is 0. The molecule has 1 aromatic rings. The van der Waals surface area contributed by atoms with E-state index in [1.807, 2.05) is 6.07 Å². The van der Waals surface area contributed by atoms with E-state index < -0.39 is 5.92 Å². The van der Waals surface area contributed by atoms with Crippen LogP contribution in [0.3, 0.4) is 0 Å². The molecule has 1 aliphatic carbocycles. The van der Waals surface area contributed by atoms with Crippen molar-refractivity contribution in [2.75, 3.05) is 27.9 Å². The van der Waals surface area contributed by atoms with Gasteiger partial charge in [-0.2, -0.15) is 0 Å². The van der Waals surface area contributed by atoms with Gasteiger partial charge in [-0.05, 0) is 50.0 Å². The Balaban J connectivity index is 2.20. The molecule has 162 valence electrons. The van der Waals surface area contributed by atoms with Gasteiger partial charge in [-0.1, -0.05) is 19.3 Å². The van der Waals surface area contributed by atoms with Crippen molar-refractivity contribution in [1.29, 1.82) is 0 Å². The maximum atomic E-state index is 13.1. The molecule has 1 saturated carbocycles. The van der Waals surface area contributed by atoms with Crippen molar-refractivity contribution < 1.29 is 23.7 Å². The van der Waals surface area contributed by atoms with Crippen LogP contribution in [0.5, 0.6) is 11.5 Å². The summed E-state index contributed by atoms with van der Waals surface area (Å²) in [6.45, 7) is 2.11. The zero-order chi connectivity index (χ0) is 21.9. The number of terminal acetylenes is 1. The normalized spacial score (nSPS) is 16.5. The molecule has 0 radical (unpaired) electrons. The van der Waals surface area contributed by atoms with Crippen molar-refractivity contribution in [2.24, 2.45) is 5.92 Å². The van der Waals surface area contributed by atoms with Crippen LogP contribution in [-0.2, 0) is 9.47 Å². The highest BCUT2D eigenvalue weighted by Gasteiger charge is 2.23. The molecule has 1 aromatic carbocycles. The van der Waals surface area contributed by atoms with Crippen LogP contribution in [0.15, 0.2) is 41.7 Å². The summed E-state index contributed by atoms with van der Waals surface area (Å²) in [7, 11) is 4.70. The molecule has 30 heavy (non-hydrogen) atoms. The summed E-state index contributed by atoms with van der Waals surface area (Å²) in [6.07, 6.45) is 15.1. The first-order chi connectivity index (χ1) is 14.5. The quantitative estimate of drug-likeness (QED) is 0.235. The van der Waals surface area contributed by atoms with Crippen LogP contribution in [0.2, 0.25) is 0 Å². The first-order valence-corrected chi connectivity index (χ1v) is 10.3. The standard InChI is InChI=1S/C25H32O5/c1-6-19(12-13-22(28-4)17-27-3)18(2)25(26)23-15-14-21(16-24(23)29-5)30-20-10-8-7-9-11-20/h1,12-16,18,20H,7-11,17H2,2-5H3/b19-12+,22-13+/t18-/m0/s1. The van der Waals surface area contributed by atoms with E-state index in [9.17, 15) is 4.79 Å². The van der Waals surface area contributed by atoms with Gasteiger partial charge < -0.3 is 18.9 Å². The van der Waals surface area contributed by atoms with Crippen molar-refractivity contribution in [1.82, 2.24) is 0 Å². The first kappa shape index (κ1) is 23.6. The Kier molecular flexibility index (Phi) is 9.50. The lowest BCUT2D eigenvalue weighted by atomic mass is 9.91. The Bertz CT molecular complexity index is 809. The van der Waals surface area contributed by atoms with E-state index in [0.29, 0.717) is 29.3 Å². The van der Waals surface area contributed by atoms with Gasteiger partial charge in [-0.25, -0.2) is 0 Å². The Hall–Kier alpha value is -2.71. The zero-order valence-corrected chi connectivity index (χ0v) is 18.4. The van der Waals surface area contributed by atoms with E-state index in [0.717, 1.165) is 18.6 Å². The second-order valence-electron chi connectivity index (χ2n) is 7.36. The molecule has 0 amide bonds. The van der Waals surface area contributed by atoms with Gasteiger partial charge >= 0.3 is 0 Å². The van der Waals surface area contributed by atoms with Gasteiger partial charge in [0.25, 0.3) is 0 Å². The molecular weight excluding hydrogens is 380 g/mol. The molecule has 5 nitrogen and oxygen atoms in total. The van der Waals surface area contributed by atoms with Gasteiger partial charge in [0.2, 0.25) is 0 Å². The Morgan fingerprint density at radius 1 is 1.20 bits per heavy atom. The smallest absolute Gasteiger partial charge is 0.174 e. The number of carbonyl (C=O) groups excluding carboxylic acids is 1. The molecule has 1 atom stereocenters. The van der Waals surface area contributed by atoms with Crippen LogP contribution in [0.1, 0.15) is 49.4 Å². The Morgan fingerprint density at radius 3 is 2.53 bits per heavy atom. The van der Waals surface area contributed by atoms with Crippen LogP contribution >= 0.6 is 0 Å². The number of rotatable bonds is 10. The molecule has 0 heterocycles. The predicted molar refractivity (Wildman–Crippen MR) is 118 cm³/mol. The number of allylic oxidation sites excluding steroid dienone is 3. The Labute approximate surface area is 180 Å². The van der Waals surface area contributed by atoms with Crippen molar-refractivity contribution in [3.63, 3.8) is 0 Å². The third-order valence-electron chi connectivity index (χ3n) is 5.32. The van der Waals surface area contributed by atoms with E-state index in [-0.39, 0.29) is 11.9 Å². The number of ketones is 1. The first-order valence-electron chi connectivity index (χ1n) is 10.3. The highest BCUT2D eigenvalue weighted by atomic mass is 16.5. The fourth-order valence-corrected chi connectivity index (χ4v) is 3.52. The minimum atomic E-state index is -0.508. The molecule has 0 saturated heterocycles. The van der Waals surface area contributed by atoms with Gasteiger partial charge in [0, 0.05) is 18.7 Å². The summed E-state index contributed by atoms with van der Waals surface area (Å²) in [5, 5.41) is 0. The third kappa shape index (κ3) is 6.40. The maximum absolute atomic E-state index is 13.1. The van der Waals surface area contributed by atoms with Crippen LogP contribution in [0.25, 0.3) is 0 Å². The largest absolute Gasteiger partial charge is 0.499 e. The van der Waals surface area contributed by atoms with Gasteiger partial charge in [0.1, 0.15) is 23.9 Å². The van der Waals surface area contributed by atoms with E-state index in [4.69, 9.17) is 25.4 Å². The van der Waals surface area contributed by atoms with Gasteiger partial charge in [0.15, 0.2) is 5.78 Å². The van der Waals surface area contributed by atoms with Crippen molar-refractivity contribution >= 4 is 5.78 Å². The monoisotopic (exact) mass is 412 g/mol. The molecule has 0 unspecified atom stereocenters. The lowest BCUT2D eigenvalue weighted by Crippen LogP contribution is -2.20. The fraction of sp³-hybridized carbons (Fsp3) is 0.480. The molecule has 0 bridgehead atoms. The number of methoxy groups -OCH3 is 3. The molecule has 0 aromatic heterocycles. The van der Waals surface area contributed by atoms with E-state index >= 15 is 0 Å². The van der Waals surface area contributed by atoms with Crippen LogP contribution in [0, 0.1) is 18.3 Å². The molecule has 0 spiro atoms. The molecule has 5 heteroatoms. The lowest BCUT2D eigenvalue weighted by Gasteiger charge is -2.23. The lowest BCUT2D eigenvalue weighted by molar-refractivity contribution is 0.0946. The second-order valence-corrected chi connectivity index (χ2v) is 7.36. The van der Waals surface area contributed by atoms with Crippen LogP contribution in [0.4, 0.5) is 0 Å². The minimum absolute atomic E-state index is 0.112. The minimum Gasteiger partial charge on any atom is -0.499 e. The van der Waals surface area contributed by atoms with Crippen LogP contribution in [-0.4, -0.2) is 39.8 Å². The summed E-state index contributed by atoms with van der Waals surface area (Å²) < 4.78 is 21.9. The fourth-order valence-electron chi connectivity index (χ4n) is 3.52. The summed E-state index contributed by atoms with van der Waals surface area (Å²) in [5.41, 5.74) is 1.03. The average Bonchev–Trinajstić information content (AvgIpc) is 2.78. The highest BCUT2D eigenvalue weighted by Crippen LogP contribution is 2.31. The highest BCUT2D eigenvalue weighted by molar-refractivity contribution is 6.02. The Morgan fingerprint density at radius 2 is 1.93 bits per heavy atom. The number of Topliss-reactive ketones (excluding diaryl/α,β-unsaturated/α-hetero) is 1. The topological polar surface area (TPSA) is 54.0 Å². The van der Waals surface area contributed by atoms with Gasteiger partial charge in [-0.15, -0.1) is 6.42 Å². The van der Waals surface area contributed by atoms with Crippen molar-refractivity contribution in [2.45, 2.75) is 45.1 Å². The maximum Gasteiger partial charge on any atom is 0.174 e. The molecule has 2 rings (SSSR count). The predicted octanol–water partition coefficient (Wildman–Crippen LogP) is 4.96. The summed E-state index contributed by atoms with van der Waals surface area (Å²) in [6, 6.07) is 5.37. The molecule has 0 aliphatic heterocycles. The second kappa shape index (κ2) is 12.1. The van der Waals surface area contributed by atoms with E-state index in [1.54, 1.807) is 52.5 Å². The summed E-state index contributed by atoms with van der Waals surface area (Å²) in [5.74, 6) is 3.82. The van der Waals surface area contributed by atoms with Crippen molar-refractivity contribution in [3.05, 3.63) is 47.2 Å². The SMILES string of the molecule is C#C/C(=C\C=C(/COC)OC)[C@H](C)C(=O)c1ccc(OC2CCCCC2)cc1OC. The zero-order valence-electron chi connectivity index (χ0n) is 18.4. The van der Waals surface area contributed by atoms with Gasteiger partial charge in [-0.3, -0.25) is 4.79 Å².